The van der Waals surface area contributed by atoms with E-state index in [0.29, 0.717) is 22.5 Å². The first-order valence-electron chi connectivity index (χ1n) is 4.30. The van der Waals surface area contributed by atoms with Crippen molar-refractivity contribution in [3.8, 4) is 18.0 Å². The SMILES string of the molecule is COc1cc(C#N)c(C#N)c2cccn12. The normalized spacial score (nSPS) is 9.53. The maximum Gasteiger partial charge on any atom is 0.199 e. The zero-order valence-corrected chi connectivity index (χ0v) is 8.06. The van der Waals surface area contributed by atoms with E-state index >= 15 is 0 Å². The molecule has 72 valence electrons. The molecule has 0 saturated heterocycles. The van der Waals surface area contributed by atoms with Gasteiger partial charge in [-0.2, -0.15) is 10.5 Å². The molecule has 0 radical (unpaired) electrons. The van der Waals surface area contributed by atoms with E-state index in [1.807, 2.05) is 12.1 Å². The fourth-order valence-corrected chi connectivity index (χ4v) is 1.54. The van der Waals surface area contributed by atoms with Crippen LogP contribution in [0.2, 0.25) is 0 Å². The second kappa shape index (κ2) is 3.36. The molecule has 0 aliphatic carbocycles. The molecule has 2 rings (SSSR count). The Labute approximate surface area is 86.5 Å². The molecule has 15 heavy (non-hydrogen) atoms. The van der Waals surface area contributed by atoms with Crippen LogP contribution in [0, 0.1) is 22.7 Å². The van der Waals surface area contributed by atoms with Crippen LogP contribution in [0.1, 0.15) is 11.1 Å². The van der Waals surface area contributed by atoms with E-state index in [2.05, 4.69) is 0 Å². The number of hydrogen-bond acceptors (Lipinski definition) is 3. The molecule has 0 amide bonds. The van der Waals surface area contributed by atoms with E-state index in [9.17, 15) is 0 Å². The third-order valence-corrected chi connectivity index (χ3v) is 2.22. The Kier molecular flexibility index (Phi) is 2.04. The van der Waals surface area contributed by atoms with E-state index in [1.165, 1.54) is 7.11 Å². The summed E-state index contributed by atoms with van der Waals surface area (Å²) in [6.45, 7) is 0. The van der Waals surface area contributed by atoms with Gasteiger partial charge < -0.3 is 4.74 Å². The van der Waals surface area contributed by atoms with Gasteiger partial charge in [-0.15, -0.1) is 0 Å². The molecule has 2 aromatic rings. The van der Waals surface area contributed by atoms with Crippen LogP contribution in [0.15, 0.2) is 24.4 Å². The van der Waals surface area contributed by atoms with Crippen molar-refractivity contribution in [1.82, 2.24) is 4.40 Å². The first-order valence-corrected chi connectivity index (χ1v) is 4.30. The van der Waals surface area contributed by atoms with E-state index in [0.717, 1.165) is 0 Å². The zero-order chi connectivity index (χ0) is 10.8. The number of nitrogens with zero attached hydrogens (tertiary/aromatic N) is 3. The van der Waals surface area contributed by atoms with Crippen LogP contribution in [0.25, 0.3) is 5.52 Å². The number of rotatable bonds is 1. The second-order valence-corrected chi connectivity index (χ2v) is 2.96. The number of fused-ring (bicyclic) bond motifs is 1. The molecule has 4 nitrogen and oxygen atoms in total. The predicted molar refractivity (Wildman–Crippen MR) is 53.4 cm³/mol. The van der Waals surface area contributed by atoms with E-state index < -0.39 is 0 Å². The number of methoxy groups -OCH3 is 1. The fourth-order valence-electron chi connectivity index (χ4n) is 1.54. The second-order valence-electron chi connectivity index (χ2n) is 2.96. The Hall–Kier alpha value is -2.46. The Morgan fingerprint density at radius 1 is 1.33 bits per heavy atom. The minimum Gasteiger partial charge on any atom is -0.482 e. The number of aromatic nitrogens is 1. The smallest absolute Gasteiger partial charge is 0.199 e. The summed E-state index contributed by atoms with van der Waals surface area (Å²) in [7, 11) is 1.53. The van der Waals surface area contributed by atoms with Gasteiger partial charge in [-0.25, -0.2) is 0 Å². The van der Waals surface area contributed by atoms with Gasteiger partial charge in [0.05, 0.1) is 23.8 Å². The molecule has 0 atom stereocenters. The van der Waals surface area contributed by atoms with Crippen LogP contribution in [-0.4, -0.2) is 11.5 Å². The predicted octanol–water partition coefficient (Wildman–Crippen LogP) is 1.69. The summed E-state index contributed by atoms with van der Waals surface area (Å²) in [5, 5.41) is 17.9. The molecule has 2 aromatic heterocycles. The molecular weight excluding hydrogens is 190 g/mol. The maximum atomic E-state index is 8.97. The van der Waals surface area contributed by atoms with Crippen molar-refractivity contribution >= 4 is 5.52 Å². The lowest BCUT2D eigenvalue weighted by molar-refractivity contribution is 0.392. The topological polar surface area (TPSA) is 61.2 Å². The average Bonchev–Trinajstić information content (AvgIpc) is 2.75. The average molecular weight is 197 g/mol. The van der Waals surface area contributed by atoms with Gasteiger partial charge >= 0.3 is 0 Å². The number of nitriles is 2. The minimum absolute atomic E-state index is 0.334. The summed E-state index contributed by atoms with van der Waals surface area (Å²) in [6, 6.07) is 9.16. The van der Waals surface area contributed by atoms with Crippen molar-refractivity contribution in [3.05, 3.63) is 35.5 Å². The molecule has 0 aliphatic heterocycles. The fraction of sp³-hybridized carbons (Fsp3) is 0.0909. The molecule has 2 heterocycles. The molecule has 0 unspecified atom stereocenters. The van der Waals surface area contributed by atoms with Gasteiger partial charge in [0.25, 0.3) is 0 Å². The number of ether oxygens (including phenoxy) is 1. The van der Waals surface area contributed by atoms with Gasteiger partial charge in [-0.1, -0.05) is 0 Å². The Bertz CT molecular complexity index is 599. The first-order chi connectivity index (χ1) is 7.31. The summed E-state index contributed by atoms with van der Waals surface area (Å²) >= 11 is 0. The van der Waals surface area contributed by atoms with Crippen LogP contribution in [0.4, 0.5) is 0 Å². The van der Waals surface area contributed by atoms with Crippen molar-refractivity contribution in [3.63, 3.8) is 0 Å². The lowest BCUT2D eigenvalue weighted by atomic mass is 10.1. The van der Waals surface area contributed by atoms with Crippen molar-refractivity contribution in [2.24, 2.45) is 0 Å². The molecule has 0 spiro atoms. The molecule has 0 aliphatic rings. The molecule has 4 heteroatoms. The van der Waals surface area contributed by atoms with Gasteiger partial charge in [-0.3, -0.25) is 4.40 Å². The molecule has 0 aromatic carbocycles. The number of hydrogen-bond donors (Lipinski definition) is 0. The van der Waals surface area contributed by atoms with Gasteiger partial charge in [0.2, 0.25) is 0 Å². The third kappa shape index (κ3) is 1.20. The quantitative estimate of drug-likeness (QED) is 0.698. The van der Waals surface area contributed by atoms with Crippen LogP contribution >= 0.6 is 0 Å². The monoisotopic (exact) mass is 197 g/mol. The molecule has 0 N–H and O–H groups in total. The van der Waals surface area contributed by atoms with Crippen LogP contribution < -0.4 is 4.74 Å². The van der Waals surface area contributed by atoms with Crippen LogP contribution in [0.3, 0.4) is 0 Å². The lowest BCUT2D eigenvalue weighted by Crippen LogP contribution is -1.97. The zero-order valence-electron chi connectivity index (χ0n) is 8.06. The number of pyridine rings is 1. The molecular formula is C11H7N3O. The largest absolute Gasteiger partial charge is 0.482 e. The summed E-state index contributed by atoms with van der Waals surface area (Å²) in [5.41, 5.74) is 1.40. The Balaban J connectivity index is 2.94. The van der Waals surface area contributed by atoms with Crippen molar-refractivity contribution in [1.29, 1.82) is 10.5 Å². The van der Waals surface area contributed by atoms with Crippen LogP contribution in [0.5, 0.6) is 5.88 Å². The summed E-state index contributed by atoms with van der Waals surface area (Å²) in [5.74, 6) is 0.547. The standard InChI is InChI=1S/C11H7N3O/c1-15-11-5-8(6-12)9(7-13)10-3-2-4-14(10)11/h2-5H,1H3. The molecule has 0 fully saturated rings. The van der Waals surface area contributed by atoms with Crippen molar-refractivity contribution < 1.29 is 4.74 Å². The lowest BCUT2D eigenvalue weighted by Gasteiger charge is -2.06. The first kappa shape index (κ1) is 9.11. The van der Waals surface area contributed by atoms with Gasteiger partial charge in [-0.05, 0) is 12.1 Å². The molecule has 0 saturated carbocycles. The summed E-state index contributed by atoms with van der Waals surface area (Å²) in [6.07, 6.45) is 1.79. The van der Waals surface area contributed by atoms with Crippen LogP contribution in [-0.2, 0) is 0 Å². The highest BCUT2D eigenvalue weighted by atomic mass is 16.5. The third-order valence-electron chi connectivity index (χ3n) is 2.22. The van der Waals surface area contributed by atoms with Crippen molar-refractivity contribution in [2.45, 2.75) is 0 Å². The minimum atomic E-state index is 0.334. The molecule has 0 bridgehead atoms. The van der Waals surface area contributed by atoms with Gasteiger partial charge in [0.15, 0.2) is 5.88 Å². The van der Waals surface area contributed by atoms with E-state index in [1.54, 1.807) is 28.8 Å². The van der Waals surface area contributed by atoms with E-state index in [4.69, 9.17) is 15.3 Å². The highest BCUT2D eigenvalue weighted by Crippen LogP contribution is 2.23. The summed E-state index contributed by atoms with van der Waals surface area (Å²) < 4.78 is 6.87. The Morgan fingerprint density at radius 3 is 2.73 bits per heavy atom. The van der Waals surface area contributed by atoms with Crippen molar-refractivity contribution in [2.75, 3.05) is 7.11 Å². The van der Waals surface area contributed by atoms with E-state index in [-0.39, 0.29) is 0 Å². The Morgan fingerprint density at radius 2 is 2.13 bits per heavy atom. The van der Waals surface area contributed by atoms with Gasteiger partial charge in [0, 0.05) is 12.3 Å². The highest BCUT2D eigenvalue weighted by Gasteiger charge is 2.11. The highest BCUT2D eigenvalue weighted by molar-refractivity contribution is 5.68. The van der Waals surface area contributed by atoms with Gasteiger partial charge in [0.1, 0.15) is 12.1 Å². The maximum absolute atomic E-state index is 8.97. The summed E-state index contributed by atoms with van der Waals surface area (Å²) in [4.78, 5) is 0.